The molecule has 6 heteroatoms. The lowest BCUT2D eigenvalue weighted by Gasteiger charge is -2.08. The summed E-state index contributed by atoms with van der Waals surface area (Å²) in [6, 6.07) is 25.8. The first kappa shape index (κ1) is 18.1. The molecule has 0 spiro atoms. The van der Waals surface area contributed by atoms with Gasteiger partial charge in [0.1, 0.15) is 5.82 Å². The van der Waals surface area contributed by atoms with Crippen LogP contribution < -0.4 is 0 Å². The largest absolute Gasteiger partial charge is 0.284 e. The van der Waals surface area contributed by atoms with Crippen LogP contribution >= 0.6 is 0 Å². The molecule has 3 aromatic carbocycles. The molecule has 0 radical (unpaired) electrons. The summed E-state index contributed by atoms with van der Waals surface area (Å²) < 4.78 is 27.6. The van der Waals surface area contributed by atoms with Crippen LogP contribution in [0.3, 0.4) is 0 Å². The van der Waals surface area contributed by atoms with Crippen molar-refractivity contribution in [2.24, 2.45) is 0 Å². The van der Waals surface area contributed by atoms with Crippen molar-refractivity contribution in [3.8, 4) is 11.4 Å². The lowest BCUT2D eigenvalue weighted by atomic mass is 10.1. The van der Waals surface area contributed by atoms with E-state index in [0.29, 0.717) is 18.1 Å². The average Bonchev–Trinajstić information content (AvgIpc) is 3.14. The maximum absolute atomic E-state index is 13.3. The number of aryl methyl sites for hydroxylation is 1. The Morgan fingerprint density at radius 2 is 1.43 bits per heavy atom. The number of nitrogens with zero attached hydrogens (tertiary/aromatic N) is 3. The van der Waals surface area contributed by atoms with E-state index in [0.717, 1.165) is 20.8 Å². The number of aromatic nitrogens is 3. The summed E-state index contributed by atoms with van der Waals surface area (Å²) in [7, 11) is -3.85. The van der Waals surface area contributed by atoms with Gasteiger partial charge < -0.3 is 0 Å². The minimum atomic E-state index is -3.85. The van der Waals surface area contributed by atoms with Crippen LogP contribution in [0, 0.1) is 6.92 Å². The fourth-order valence-electron chi connectivity index (χ4n) is 2.93. The molecule has 4 rings (SSSR count). The molecule has 0 aliphatic rings. The first-order chi connectivity index (χ1) is 13.5. The predicted octanol–water partition coefficient (Wildman–Crippen LogP) is 4.08. The molecular weight excluding hydrogens is 370 g/mol. The van der Waals surface area contributed by atoms with E-state index >= 15 is 0 Å². The van der Waals surface area contributed by atoms with Gasteiger partial charge >= 0.3 is 0 Å². The van der Waals surface area contributed by atoms with E-state index in [1.54, 1.807) is 24.3 Å². The zero-order valence-corrected chi connectivity index (χ0v) is 16.2. The summed E-state index contributed by atoms with van der Waals surface area (Å²) in [6.07, 6.45) is 0.367. The molecular formula is C22H19N3O2S. The summed E-state index contributed by atoms with van der Waals surface area (Å²) in [4.78, 5) is 4.75. The molecule has 0 amide bonds. The van der Waals surface area contributed by atoms with Gasteiger partial charge in [0.15, 0.2) is 5.82 Å². The van der Waals surface area contributed by atoms with Gasteiger partial charge in [0.25, 0.3) is 10.0 Å². The van der Waals surface area contributed by atoms with Gasteiger partial charge in [-0.1, -0.05) is 78.4 Å². The molecule has 0 N–H and O–H groups in total. The highest BCUT2D eigenvalue weighted by atomic mass is 32.2. The topological polar surface area (TPSA) is 64.8 Å². The Labute approximate surface area is 164 Å². The Bertz CT molecular complexity index is 1180. The van der Waals surface area contributed by atoms with Gasteiger partial charge in [-0.2, -0.15) is 8.42 Å². The van der Waals surface area contributed by atoms with Crippen molar-refractivity contribution >= 4 is 10.0 Å². The van der Waals surface area contributed by atoms with Gasteiger partial charge in [-0.15, -0.1) is 9.19 Å². The fourth-order valence-corrected chi connectivity index (χ4v) is 4.18. The molecule has 1 aromatic heterocycles. The highest BCUT2D eigenvalue weighted by Gasteiger charge is 2.24. The Morgan fingerprint density at radius 1 is 0.821 bits per heavy atom. The third-order valence-electron chi connectivity index (χ3n) is 4.42. The quantitative estimate of drug-likeness (QED) is 0.516. The van der Waals surface area contributed by atoms with Crippen LogP contribution in [0.1, 0.15) is 17.0 Å². The second kappa shape index (κ2) is 7.40. The van der Waals surface area contributed by atoms with E-state index in [-0.39, 0.29) is 4.90 Å². The Morgan fingerprint density at radius 3 is 2.07 bits per heavy atom. The summed E-state index contributed by atoms with van der Waals surface area (Å²) in [5.41, 5.74) is 2.73. The predicted molar refractivity (Wildman–Crippen MR) is 108 cm³/mol. The summed E-state index contributed by atoms with van der Waals surface area (Å²) in [5, 5.41) is 4.36. The molecule has 0 atom stereocenters. The van der Waals surface area contributed by atoms with Gasteiger partial charge in [-0.05, 0) is 24.6 Å². The number of hydrogen-bond donors (Lipinski definition) is 0. The molecule has 5 nitrogen and oxygen atoms in total. The lowest BCUT2D eigenvalue weighted by molar-refractivity contribution is 0.577. The van der Waals surface area contributed by atoms with Crippen molar-refractivity contribution in [1.82, 2.24) is 14.2 Å². The van der Waals surface area contributed by atoms with E-state index in [2.05, 4.69) is 10.1 Å². The number of benzene rings is 3. The van der Waals surface area contributed by atoms with Crippen molar-refractivity contribution in [2.75, 3.05) is 0 Å². The summed E-state index contributed by atoms with van der Waals surface area (Å²) in [6.45, 7) is 1.92. The smallest absolute Gasteiger partial charge is 0.210 e. The number of hydrogen-bond acceptors (Lipinski definition) is 4. The van der Waals surface area contributed by atoms with Crippen LogP contribution in [0.15, 0.2) is 89.8 Å². The van der Waals surface area contributed by atoms with Crippen molar-refractivity contribution in [1.29, 1.82) is 0 Å². The second-order valence-electron chi connectivity index (χ2n) is 6.54. The van der Waals surface area contributed by atoms with E-state index in [1.165, 1.54) is 0 Å². The molecule has 0 aliphatic heterocycles. The zero-order chi connectivity index (χ0) is 19.6. The van der Waals surface area contributed by atoms with Crippen LogP contribution in [-0.4, -0.2) is 22.6 Å². The van der Waals surface area contributed by atoms with E-state index in [9.17, 15) is 8.42 Å². The van der Waals surface area contributed by atoms with Crippen molar-refractivity contribution in [2.45, 2.75) is 18.2 Å². The SMILES string of the molecule is Cc1ccc(S(=O)(=O)n2nc(-c3ccccc3)nc2Cc2ccccc2)cc1. The van der Waals surface area contributed by atoms with Gasteiger partial charge in [0.05, 0.1) is 4.90 Å². The van der Waals surface area contributed by atoms with Gasteiger partial charge in [0, 0.05) is 12.0 Å². The van der Waals surface area contributed by atoms with Gasteiger partial charge in [0.2, 0.25) is 0 Å². The highest BCUT2D eigenvalue weighted by Crippen LogP contribution is 2.21. The highest BCUT2D eigenvalue weighted by molar-refractivity contribution is 7.89. The minimum absolute atomic E-state index is 0.192. The molecule has 0 aliphatic carbocycles. The first-order valence-electron chi connectivity index (χ1n) is 8.91. The van der Waals surface area contributed by atoms with E-state index < -0.39 is 10.0 Å². The second-order valence-corrected chi connectivity index (χ2v) is 8.31. The maximum Gasteiger partial charge on any atom is 0.284 e. The molecule has 0 bridgehead atoms. The zero-order valence-electron chi connectivity index (χ0n) is 15.4. The van der Waals surface area contributed by atoms with Crippen LogP contribution in [0.5, 0.6) is 0 Å². The molecule has 0 unspecified atom stereocenters. The third-order valence-corrected chi connectivity index (χ3v) is 6.04. The van der Waals surface area contributed by atoms with Crippen molar-refractivity contribution in [3.63, 3.8) is 0 Å². The molecule has 0 fully saturated rings. The molecule has 0 saturated carbocycles. The fraction of sp³-hybridized carbons (Fsp3) is 0.0909. The van der Waals surface area contributed by atoms with Crippen molar-refractivity contribution in [3.05, 3.63) is 102 Å². The van der Waals surface area contributed by atoms with Crippen LogP contribution in [0.4, 0.5) is 0 Å². The van der Waals surface area contributed by atoms with E-state index in [4.69, 9.17) is 0 Å². The summed E-state index contributed by atoms with van der Waals surface area (Å²) in [5.74, 6) is 0.771. The van der Waals surface area contributed by atoms with Crippen molar-refractivity contribution < 1.29 is 8.42 Å². The van der Waals surface area contributed by atoms with E-state index in [1.807, 2.05) is 67.6 Å². The number of rotatable bonds is 5. The van der Waals surface area contributed by atoms with Crippen LogP contribution in [0.25, 0.3) is 11.4 Å². The summed E-state index contributed by atoms with van der Waals surface area (Å²) >= 11 is 0. The minimum Gasteiger partial charge on any atom is -0.210 e. The molecule has 140 valence electrons. The Balaban J connectivity index is 1.84. The monoisotopic (exact) mass is 389 g/mol. The van der Waals surface area contributed by atoms with Gasteiger partial charge in [-0.3, -0.25) is 0 Å². The lowest BCUT2D eigenvalue weighted by Crippen LogP contribution is -2.18. The molecule has 28 heavy (non-hydrogen) atoms. The van der Waals surface area contributed by atoms with Gasteiger partial charge in [-0.25, -0.2) is 4.98 Å². The average molecular weight is 389 g/mol. The normalized spacial score (nSPS) is 11.5. The third kappa shape index (κ3) is 3.59. The van der Waals surface area contributed by atoms with Crippen LogP contribution in [-0.2, 0) is 16.4 Å². The molecule has 4 aromatic rings. The molecule has 1 heterocycles. The standard InChI is InChI=1S/C22H19N3O2S/c1-17-12-14-20(15-13-17)28(26,27)25-21(16-18-8-4-2-5-9-18)23-22(24-25)19-10-6-3-7-11-19/h2-15H,16H2,1H3. The Kier molecular flexibility index (Phi) is 4.79. The van der Waals surface area contributed by atoms with Crippen LogP contribution in [0.2, 0.25) is 0 Å². The first-order valence-corrected chi connectivity index (χ1v) is 10.4. The molecule has 0 saturated heterocycles. The maximum atomic E-state index is 13.3. The Hall–Kier alpha value is -3.25.